The molecule has 2 aromatic heterocycles. The Kier molecular flexibility index (Phi) is 5.56. The molecule has 0 spiro atoms. The van der Waals surface area contributed by atoms with E-state index in [4.69, 9.17) is 6.42 Å². The molecule has 1 atom stereocenters. The topological polar surface area (TPSA) is 75.9 Å². The Balaban J connectivity index is 1.46. The Morgan fingerprint density at radius 3 is 2.96 bits per heavy atom. The van der Waals surface area contributed by atoms with Crippen molar-refractivity contribution in [3.05, 3.63) is 35.5 Å². The van der Waals surface area contributed by atoms with Crippen LogP contribution in [0.25, 0.3) is 0 Å². The quantitative estimate of drug-likeness (QED) is 0.825. The van der Waals surface area contributed by atoms with Gasteiger partial charge in [0.05, 0.1) is 12.1 Å². The zero-order valence-electron chi connectivity index (χ0n) is 16.1. The Morgan fingerprint density at radius 1 is 1.21 bits per heavy atom. The molecule has 0 aromatic carbocycles. The molecule has 2 aliphatic rings. The zero-order valence-corrected chi connectivity index (χ0v) is 16.1. The van der Waals surface area contributed by atoms with Crippen LogP contribution in [0.2, 0.25) is 0 Å². The fraction of sp³-hybridized carbons (Fsp3) is 0.524. The van der Waals surface area contributed by atoms with E-state index in [1.165, 1.54) is 19.3 Å². The summed E-state index contributed by atoms with van der Waals surface area (Å²) in [5, 5.41) is 11.7. The van der Waals surface area contributed by atoms with E-state index in [0.29, 0.717) is 11.5 Å². The number of pyridine rings is 1. The Labute approximate surface area is 165 Å². The van der Waals surface area contributed by atoms with Crippen LogP contribution in [0.1, 0.15) is 60.0 Å². The second-order valence-electron chi connectivity index (χ2n) is 7.51. The molecule has 146 valence electrons. The third-order valence-electron chi connectivity index (χ3n) is 5.61. The van der Waals surface area contributed by atoms with E-state index in [1.54, 1.807) is 12.3 Å². The number of anilines is 1. The summed E-state index contributed by atoms with van der Waals surface area (Å²) in [4.78, 5) is 18.8. The molecule has 4 heterocycles. The van der Waals surface area contributed by atoms with Gasteiger partial charge in [0, 0.05) is 38.2 Å². The number of carbonyl (C=O) groups is 1. The van der Waals surface area contributed by atoms with Crippen LogP contribution in [0.5, 0.6) is 0 Å². The lowest BCUT2D eigenvalue weighted by Gasteiger charge is -2.33. The molecule has 7 heteroatoms. The van der Waals surface area contributed by atoms with Gasteiger partial charge in [0.1, 0.15) is 17.5 Å². The van der Waals surface area contributed by atoms with Gasteiger partial charge in [-0.2, -0.15) is 0 Å². The molecule has 7 nitrogen and oxygen atoms in total. The summed E-state index contributed by atoms with van der Waals surface area (Å²) in [5.74, 6) is 5.75. The van der Waals surface area contributed by atoms with Crippen molar-refractivity contribution in [1.29, 1.82) is 0 Å². The molecule has 1 amide bonds. The van der Waals surface area contributed by atoms with Crippen LogP contribution in [0, 0.1) is 12.3 Å². The molecule has 28 heavy (non-hydrogen) atoms. The molecule has 0 radical (unpaired) electrons. The number of amides is 1. The van der Waals surface area contributed by atoms with Crippen molar-refractivity contribution in [2.45, 2.75) is 51.0 Å². The first kappa shape index (κ1) is 18.5. The summed E-state index contributed by atoms with van der Waals surface area (Å²) >= 11 is 0. The van der Waals surface area contributed by atoms with E-state index >= 15 is 0 Å². The summed E-state index contributed by atoms with van der Waals surface area (Å²) in [5.41, 5.74) is 0.523. The number of aryl methyl sites for hydroxylation is 1. The van der Waals surface area contributed by atoms with Crippen LogP contribution in [0.4, 0.5) is 5.82 Å². The molecule has 1 fully saturated rings. The summed E-state index contributed by atoms with van der Waals surface area (Å²) in [7, 11) is 0. The molecule has 0 saturated carbocycles. The highest BCUT2D eigenvalue weighted by molar-refractivity contribution is 5.94. The summed E-state index contributed by atoms with van der Waals surface area (Å²) < 4.78 is 2.35. The number of fused-ring (bicyclic) bond motifs is 1. The average molecular weight is 378 g/mol. The van der Waals surface area contributed by atoms with E-state index < -0.39 is 0 Å². The molecule has 2 aliphatic heterocycles. The van der Waals surface area contributed by atoms with E-state index in [9.17, 15) is 4.79 Å². The van der Waals surface area contributed by atoms with Crippen molar-refractivity contribution < 1.29 is 4.79 Å². The van der Waals surface area contributed by atoms with Crippen LogP contribution in [0.15, 0.2) is 18.3 Å². The van der Waals surface area contributed by atoms with E-state index in [2.05, 4.69) is 35.9 Å². The van der Waals surface area contributed by atoms with E-state index in [-0.39, 0.29) is 12.5 Å². The van der Waals surface area contributed by atoms with E-state index in [0.717, 1.165) is 56.4 Å². The van der Waals surface area contributed by atoms with Crippen LogP contribution in [0.3, 0.4) is 0 Å². The lowest BCUT2D eigenvalue weighted by molar-refractivity contribution is 0.0958. The number of aromatic nitrogens is 4. The van der Waals surface area contributed by atoms with Crippen molar-refractivity contribution in [2.24, 2.45) is 0 Å². The Hall–Kier alpha value is -2.88. The average Bonchev–Trinajstić information content (AvgIpc) is 3.00. The molecule has 0 aliphatic carbocycles. The highest BCUT2D eigenvalue weighted by Crippen LogP contribution is 2.30. The minimum atomic E-state index is -0.195. The maximum absolute atomic E-state index is 12.0. The molecular formula is C21H26N6O. The standard InChI is InChI=1S/C21H26N6O/c1-2-11-22-21(28)16-9-10-18(23-14-16)26-12-6-7-17(15-26)20-25-24-19-8-4-3-5-13-27(19)20/h1,9-10,14,17H,3-8,11-13,15H2,(H,22,28). The third kappa shape index (κ3) is 3.86. The van der Waals surface area contributed by atoms with Gasteiger partial charge in [-0.25, -0.2) is 4.98 Å². The van der Waals surface area contributed by atoms with Crippen LogP contribution in [-0.2, 0) is 13.0 Å². The van der Waals surface area contributed by atoms with Gasteiger partial charge in [0.15, 0.2) is 0 Å². The van der Waals surface area contributed by atoms with E-state index in [1.807, 2.05) is 6.07 Å². The predicted octanol–water partition coefficient (Wildman–Crippen LogP) is 2.15. The van der Waals surface area contributed by atoms with Gasteiger partial charge in [0.25, 0.3) is 5.91 Å². The smallest absolute Gasteiger partial charge is 0.253 e. The first-order chi connectivity index (χ1) is 13.8. The first-order valence-electron chi connectivity index (χ1n) is 10.1. The predicted molar refractivity (Wildman–Crippen MR) is 107 cm³/mol. The van der Waals surface area contributed by atoms with Gasteiger partial charge in [-0.3, -0.25) is 4.79 Å². The van der Waals surface area contributed by atoms with Crippen LogP contribution in [-0.4, -0.2) is 45.3 Å². The zero-order chi connectivity index (χ0) is 19.3. The molecule has 0 bridgehead atoms. The maximum atomic E-state index is 12.0. The fourth-order valence-electron chi connectivity index (χ4n) is 4.15. The monoisotopic (exact) mass is 378 g/mol. The van der Waals surface area contributed by atoms with Crippen molar-refractivity contribution >= 4 is 11.7 Å². The van der Waals surface area contributed by atoms with Gasteiger partial charge in [0.2, 0.25) is 0 Å². The number of terminal acetylenes is 1. The lowest BCUT2D eigenvalue weighted by atomic mass is 9.97. The largest absolute Gasteiger partial charge is 0.356 e. The summed E-state index contributed by atoms with van der Waals surface area (Å²) in [6.07, 6.45) is 13.7. The SMILES string of the molecule is C#CCNC(=O)c1ccc(N2CCCC(c3nnc4n3CCCCC4)C2)nc1. The highest BCUT2D eigenvalue weighted by Gasteiger charge is 2.28. The first-order valence-corrected chi connectivity index (χ1v) is 10.1. The molecular weight excluding hydrogens is 352 g/mol. The molecule has 2 aromatic rings. The van der Waals surface area contributed by atoms with Gasteiger partial charge in [-0.05, 0) is 37.8 Å². The Morgan fingerprint density at radius 2 is 2.14 bits per heavy atom. The lowest BCUT2D eigenvalue weighted by Crippen LogP contribution is -2.36. The normalized spacial score (nSPS) is 19.4. The number of piperidine rings is 1. The number of nitrogens with zero attached hydrogens (tertiary/aromatic N) is 5. The minimum absolute atomic E-state index is 0.195. The molecule has 4 rings (SSSR count). The molecule has 1 unspecified atom stereocenters. The second-order valence-corrected chi connectivity index (χ2v) is 7.51. The van der Waals surface area contributed by atoms with Crippen molar-refractivity contribution in [1.82, 2.24) is 25.1 Å². The highest BCUT2D eigenvalue weighted by atomic mass is 16.1. The third-order valence-corrected chi connectivity index (χ3v) is 5.61. The van der Waals surface area contributed by atoms with Gasteiger partial charge < -0.3 is 14.8 Å². The van der Waals surface area contributed by atoms with Gasteiger partial charge in [-0.15, -0.1) is 16.6 Å². The van der Waals surface area contributed by atoms with Gasteiger partial charge >= 0.3 is 0 Å². The second kappa shape index (κ2) is 8.42. The molecule has 1 N–H and O–H groups in total. The number of hydrogen-bond acceptors (Lipinski definition) is 5. The Bertz CT molecular complexity index is 866. The van der Waals surface area contributed by atoms with Gasteiger partial charge in [-0.1, -0.05) is 12.3 Å². The number of nitrogens with one attached hydrogen (secondary N) is 1. The minimum Gasteiger partial charge on any atom is -0.356 e. The van der Waals surface area contributed by atoms with Crippen LogP contribution >= 0.6 is 0 Å². The van der Waals surface area contributed by atoms with Crippen molar-refractivity contribution in [2.75, 3.05) is 24.5 Å². The summed E-state index contributed by atoms with van der Waals surface area (Å²) in [6.45, 7) is 3.10. The maximum Gasteiger partial charge on any atom is 0.253 e. The molecule has 1 saturated heterocycles. The summed E-state index contributed by atoms with van der Waals surface area (Å²) in [6, 6.07) is 3.72. The van der Waals surface area contributed by atoms with Crippen LogP contribution < -0.4 is 10.2 Å². The van der Waals surface area contributed by atoms with Crippen molar-refractivity contribution in [3.63, 3.8) is 0 Å². The number of hydrogen-bond donors (Lipinski definition) is 1. The number of carbonyl (C=O) groups excluding carboxylic acids is 1. The fourth-order valence-corrected chi connectivity index (χ4v) is 4.15. The number of rotatable bonds is 4. The van der Waals surface area contributed by atoms with Crippen molar-refractivity contribution in [3.8, 4) is 12.3 Å².